The molecule has 0 radical (unpaired) electrons. The van der Waals surface area contributed by atoms with Gasteiger partial charge in [-0.15, -0.1) is 0 Å². The van der Waals surface area contributed by atoms with E-state index >= 15 is 0 Å². The van der Waals surface area contributed by atoms with Gasteiger partial charge in [-0.2, -0.15) is 0 Å². The van der Waals surface area contributed by atoms with Crippen molar-refractivity contribution in [3.05, 3.63) is 47.8 Å². The number of para-hydroxylation sites is 1. The van der Waals surface area contributed by atoms with Crippen molar-refractivity contribution in [2.24, 2.45) is 0 Å². The molecule has 5 heteroatoms. The molecule has 2 aromatic rings. The topological polar surface area (TPSA) is 61.7 Å². The molecule has 0 saturated carbocycles. The molecule has 0 spiro atoms. The van der Waals surface area contributed by atoms with E-state index in [9.17, 15) is 14.6 Å². The van der Waals surface area contributed by atoms with Crippen molar-refractivity contribution in [2.45, 2.75) is 6.54 Å². The van der Waals surface area contributed by atoms with Crippen LogP contribution in [0, 0.1) is 5.82 Å². The lowest BCUT2D eigenvalue weighted by Gasteiger charge is -2.11. The van der Waals surface area contributed by atoms with Gasteiger partial charge in [0.25, 0.3) is 0 Å². The number of hydrogen-bond acceptors (Lipinski definition) is 4. The summed E-state index contributed by atoms with van der Waals surface area (Å²) in [7, 11) is 1.50. The van der Waals surface area contributed by atoms with Crippen molar-refractivity contribution >= 4 is 5.69 Å². The summed E-state index contributed by atoms with van der Waals surface area (Å²) >= 11 is 0. The number of anilines is 1. The van der Waals surface area contributed by atoms with Gasteiger partial charge in [0.2, 0.25) is 0 Å². The Labute approximate surface area is 110 Å². The van der Waals surface area contributed by atoms with Crippen LogP contribution in [0.25, 0.3) is 0 Å². The fourth-order valence-electron chi connectivity index (χ4n) is 1.68. The number of phenols is 2. The second kappa shape index (κ2) is 5.48. The normalized spacial score (nSPS) is 10.2. The van der Waals surface area contributed by atoms with Crippen LogP contribution in [0.2, 0.25) is 0 Å². The van der Waals surface area contributed by atoms with Gasteiger partial charge in [0, 0.05) is 18.2 Å². The van der Waals surface area contributed by atoms with E-state index in [-0.39, 0.29) is 23.7 Å². The average molecular weight is 263 g/mol. The molecule has 0 atom stereocenters. The number of hydrogen-bond donors (Lipinski definition) is 3. The Morgan fingerprint density at radius 3 is 2.74 bits per heavy atom. The van der Waals surface area contributed by atoms with Gasteiger partial charge in [0.1, 0.15) is 11.6 Å². The highest BCUT2D eigenvalue weighted by atomic mass is 19.1. The third-order valence-corrected chi connectivity index (χ3v) is 2.74. The third kappa shape index (κ3) is 2.88. The predicted octanol–water partition coefficient (Wildman–Crippen LogP) is 2.86. The van der Waals surface area contributed by atoms with Crippen molar-refractivity contribution in [3.63, 3.8) is 0 Å². The standard InChI is InChI=1S/C14H14FNO3/c1-19-10-5-6-11(15)12(7-10)16-8-9-3-2-4-13(17)14(9)18/h2-7,16-18H,8H2,1H3. The molecule has 0 saturated heterocycles. The van der Waals surface area contributed by atoms with Gasteiger partial charge in [-0.05, 0) is 18.2 Å². The molecule has 0 bridgehead atoms. The summed E-state index contributed by atoms with van der Waals surface area (Å²) < 4.78 is 18.6. The first kappa shape index (κ1) is 13.0. The first-order valence-electron chi connectivity index (χ1n) is 5.69. The molecule has 0 aromatic heterocycles. The first-order valence-corrected chi connectivity index (χ1v) is 5.69. The first-order chi connectivity index (χ1) is 9.11. The van der Waals surface area contributed by atoms with Gasteiger partial charge in [-0.1, -0.05) is 12.1 Å². The van der Waals surface area contributed by atoms with Crippen LogP contribution in [0.1, 0.15) is 5.56 Å². The summed E-state index contributed by atoms with van der Waals surface area (Å²) in [6.07, 6.45) is 0. The number of methoxy groups -OCH3 is 1. The van der Waals surface area contributed by atoms with Gasteiger partial charge in [-0.3, -0.25) is 0 Å². The second-order valence-corrected chi connectivity index (χ2v) is 3.98. The second-order valence-electron chi connectivity index (χ2n) is 3.98. The van der Waals surface area contributed by atoms with E-state index in [4.69, 9.17) is 4.74 Å². The third-order valence-electron chi connectivity index (χ3n) is 2.74. The molecule has 0 aliphatic carbocycles. The predicted molar refractivity (Wildman–Crippen MR) is 70.1 cm³/mol. The Morgan fingerprint density at radius 1 is 1.21 bits per heavy atom. The van der Waals surface area contributed by atoms with Gasteiger partial charge in [0.15, 0.2) is 11.5 Å². The molecular weight excluding hydrogens is 249 g/mol. The minimum Gasteiger partial charge on any atom is -0.504 e. The number of halogens is 1. The van der Waals surface area contributed by atoms with Crippen LogP contribution in [0.4, 0.5) is 10.1 Å². The number of rotatable bonds is 4. The van der Waals surface area contributed by atoms with E-state index in [1.54, 1.807) is 12.1 Å². The summed E-state index contributed by atoms with van der Waals surface area (Å²) in [5, 5.41) is 21.8. The Kier molecular flexibility index (Phi) is 3.75. The number of phenolic OH excluding ortho intramolecular Hbond substituents is 2. The van der Waals surface area contributed by atoms with E-state index in [1.807, 2.05) is 0 Å². The fourth-order valence-corrected chi connectivity index (χ4v) is 1.68. The maximum absolute atomic E-state index is 13.6. The molecule has 0 heterocycles. The van der Waals surface area contributed by atoms with Crippen molar-refractivity contribution < 1.29 is 19.3 Å². The van der Waals surface area contributed by atoms with E-state index < -0.39 is 5.82 Å². The van der Waals surface area contributed by atoms with Crippen LogP contribution in [0.5, 0.6) is 17.2 Å². The van der Waals surface area contributed by atoms with E-state index in [0.29, 0.717) is 11.3 Å². The van der Waals surface area contributed by atoms with Gasteiger partial charge >= 0.3 is 0 Å². The monoisotopic (exact) mass is 263 g/mol. The van der Waals surface area contributed by atoms with Gasteiger partial charge < -0.3 is 20.3 Å². The Morgan fingerprint density at radius 2 is 2.00 bits per heavy atom. The molecule has 0 aliphatic rings. The Bertz CT molecular complexity index is 587. The summed E-state index contributed by atoms with van der Waals surface area (Å²) in [6, 6.07) is 8.96. The molecule has 2 rings (SSSR count). The van der Waals surface area contributed by atoms with Crippen LogP contribution in [0.15, 0.2) is 36.4 Å². The fraction of sp³-hybridized carbons (Fsp3) is 0.143. The number of nitrogens with one attached hydrogen (secondary N) is 1. The highest BCUT2D eigenvalue weighted by Crippen LogP contribution is 2.29. The number of ether oxygens (including phenoxy) is 1. The molecule has 19 heavy (non-hydrogen) atoms. The summed E-state index contributed by atoms with van der Waals surface area (Å²) in [6.45, 7) is 0.185. The molecular formula is C14H14FNO3. The molecule has 0 fully saturated rings. The van der Waals surface area contributed by atoms with Gasteiger partial charge in [-0.25, -0.2) is 4.39 Å². The lowest BCUT2D eigenvalue weighted by Crippen LogP contribution is -2.02. The maximum Gasteiger partial charge on any atom is 0.162 e. The number of benzene rings is 2. The summed E-state index contributed by atoms with van der Waals surface area (Å²) in [5.41, 5.74) is 0.740. The van der Waals surface area contributed by atoms with Crippen LogP contribution in [-0.4, -0.2) is 17.3 Å². The van der Waals surface area contributed by atoms with Crippen molar-refractivity contribution in [1.29, 1.82) is 0 Å². The van der Waals surface area contributed by atoms with Crippen molar-refractivity contribution in [1.82, 2.24) is 0 Å². The molecule has 0 unspecified atom stereocenters. The summed E-state index contributed by atoms with van der Waals surface area (Å²) in [5.74, 6) is -0.298. The lowest BCUT2D eigenvalue weighted by molar-refractivity contribution is 0.400. The average Bonchev–Trinajstić information content (AvgIpc) is 2.42. The molecule has 0 aliphatic heterocycles. The van der Waals surface area contributed by atoms with Crippen LogP contribution >= 0.6 is 0 Å². The minimum atomic E-state index is -0.416. The zero-order valence-electron chi connectivity index (χ0n) is 10.4. The number of aromatic hydroxyl groups is 2. The highest BCUT2D eigenvalue weighted by Gasteiger charge is 2.08. The molecule has 3 N–H and O–H groups in total. The lowest BCUT2D eigenvalue weighted by atomic mass is 10.2. The van der Waals surface area contributed by atoms with Crippen molar-refractivity contribution in [2.75, 3.05) is 12.4 Å². The van der Waals surface area contributed by atoms with Crippen LogP contribution in [0.3, 0.4) is 0 Å². The summed E-state index contributed by atoms with van der Waals surface area (Å²) in [4.78, 5) is 0. The van der Waals surface area contributed by atoms with E-state index in [2.05, 4.69) is 5.32 Å². The van der Waals surface area contributed by atoms with Crippen LogP contribution in [-0.2, 0) is 6.54 Å². The van der Waals surface area contributed by atoms with Crippen LogP contribution < -0.4 is 10.1 Å². The molecule has 4 nitrogen and oxygen atoms in total. The molecule has 0 amide bonds. The Hall–Kier alpha value is -2.43. The zero-order valence-corrected chi connectivity index (χ0v) is 10.4. The largest absolute Gasteiger partial charge is 0.504 e. The Balaban J connectivity index is 2.16. The van der Waals surface area contributed by atoms with E-state index in [0.717, 1.165) is 0 Å². The smallest absolute Gasteiger partial charge is 0.162 e. The van der Waals surface area contributed by atoms with E-state index in [1.165, 1.54) is 31.4 Å². The highest BCUT2D eigenvalue weighted by molar-refractivity contribution is 5.52. The zero-order chi connectivity index (χ0) is 13.8. The maximum atomic E-state index is 13.6. The van der Waals surface area contributed by atoms with Gasteiger partial charge in [0.05, 0.1) is 12.8 Å². The molecule has 100 valence electrons. The minimum absolute atomic E-state index is 0.185. The molecule has 2 aromatic carbocycles. The quantitative estimate of drug-likeness (QED) is 0.742. The SMILES string of the molecule is COc1ccc(F)c(NCc2cccc(O)c2O)c1. The van der Waals surface area contributed by atoms with Crippen molar-refractivity contribution in [3.8, 4) is 17.2 Å².